The number of fused-ring (bicyclic) bond motifs is 2. The Hall–Kier alpha value is -4.36. The Balaban J connectivity index is 0.000000181. The summed E-state index contributed by atoms with van der Waals surface area (Å²) in [6.07, 6.45) is 3.95. The first-order valence-corrected chi connectivity index (χ1v) is 24.9. The van der Waals surface area contributed by atoms with Gasteiger partial charge in [-0.1, -0.05) is 105 Å². The first-order valence-electron chi connectivity index (χ1n) is 21.4. The van der Waals surface area contributed by atoms with E-state index in [2.05, 4.69) is 55.4 Å². The Labute approximate surface area is 371 Å². The molecule has 0 N–H and O–H groups in total. The van der Waals surface area contributed by atoms with Crippen LogP contribution >= 0.6 is 45.3 Å². The predicted octanol–water partition coefficient (Wildman–Crippen LogP) is 11.4. The molecule has 8 rings (SSSR count). The number of carbonyl (C=O) groups is 4. The van der Waals surface area contributed by atoms with Crippen LogP contribution in [0.2, 0.25) is 0 Å². The number of amides is 4. The molecule has 0 saturated carbocycles. The number of hydrogen-bond acceptors (Lipinski definition) is 8. The molecule has 60 heavy (non-hydrogen) atoms. The Morgan fingerprint density at radius 1 is 0.383 bits per heavy atom. The topological polar surface area (TPSA) is 81.2 Å². The van der Waals surface area contributed by atoms with Crippen LogP contribution in [0.15, 0.2) is 92.3 Å². The van der Waals surface area contributed by atoms with Crippen molar-refractivity contribution in [3.05, 3.63) is 112 Å². The molecule has 0 saturated heterocycles. The van der Waals surface area contributed by atoms with Crippen molar-refractivity contribution in [1.82, 2.24) is 19.6 Å². The van der Waals surface area contributed by atoms with Gasteiger partial charge in [-0.15, -0.1) is 45.3 Å². The van der Waals surface area contributed by atoms with Gasteiger partial charge in [0.2, 0.25) is 0 Å². The molecule has 4 aromatic rings. The molecule has 4 amide bonds. The highest BCUT2D eigenvalue weighted by Gasteiger charge is 2.51. The van der Waals surface area contributed by atoms with Crippen LogP contribution in [-0.2, 0) is 19.2 Å². The van der Waals surface area contributed by atoms with Crippen LogP contribution in [0.1, 0.15) is 101 Å². The fourth-order valence-electron chi connectivity index (χ4n) is 7.93. The van der Waals surface area contributed by atoms with E-state index >= 15 is 0 Å². The lowest BCUT2D eigenvalue weighted by atomic mass is 10.1. The molecule has 0 unspecified atom stereocenters. The van der Waals surface area contributed by atoms with E-state index < -0.39 is 0 Å². The van der Waals surface area contributed by atoms with Gasteiger partial charge in [-0.3, -0.25) is 19.2 Å². The summed E-state index contributed by atoms with van der Waals surface area (Å²) in [5, 5.41) is 8.03. The zero-order valence-corrected chi connectivity index (χ0v) is 39.2. The van der Waals surface area contributed by atoms with Gasteiger partial charge in [0.15, 0.2) is 0 Å². The molecule has 8 nitrogen and oxygen atoms in total. The molecular weight excluding hydrogens is 825 g/mol. The standard InChI is InChI=1S/2C24H28N2O2S2/c2*1-5-15(3)13-25-21(17-9-7-11-29-17)19-20(23(25)27)22(18-10-8-12-30-18)26(24(19)28)14-16(4)6-2/h2*7-12,15-16H,5-6,13-14H2,1-4H3/t2*15-,16-/m00/s1. The first kappa shape index (κ1) is 43.7. The molecule has 0 spiro atoms. The van der Waals surface area contributed by atoms with Crippen molar-refractivity contribution in [2.24, 2.45) is 23.7 Å². The van der Waals surface area contributed by atoms with Crippen molar-refractivity contribution in [3.63, 3.8) is 0 Å². The van der Waals surface area contributed by atoms with E-state index in [1.165, 1.54) is 0 Å². The molecule has 4 atom stereocenters. The Kier molecular flexibility index (Phi) is 13.6. The van der Waals surface area contributed by atoms with Crippen molar-refractivity contribution in [3.8, 4) is 0 Å². The Bertz CT molecular complexity index is 2000. The normalized spacial score (nSPS) is 18.7. The molecule has 0 aliphatic carbocycles. The highest BCUT2D eigenvalue weighted by molar-refractivity contribution is 7.12. The zero-order chi connectivity index (χ0) is 42.8. The minimum Gasteiger partial charge on any atom is -0.306 e. The van der Waals surface area contributed by atoms with E-state index in [0.29, 0.717) is 72.1 Å². The molecule has 0 radical (unpaired) electrons. The van der Waals surface area contributed by atoms with Crippen LogP contribution in [0.5, 0.6) is 0 Å². The fraction of sp³-hybridized carbons (Fsp3) is 0.417. The second kappa shape index (κ2) is 18.7. The minimum atomic E-state index is -0.0305. The molecule has 0 aromatic carbocycles. The average molecular weight is 881 g/mol. The SMILES string of the molecule is CC[C@H](C)CN1C(=O)C2=C(c3cccs3)N(C[C@@H](C)CC)C(=O)C2=C1c1cccs1.CC[C@H](C)CN1C(=O)C2=C(c3cccs3)N(C[C@@H](C)CC)C(=O)C2=C1c1cccs1. The van der Waals surface area contributed by atoms with Gasteiger partial charge >= 0.3 is 0 Å². The first-order chi connectivity index (χ1) is 28.9. The highest BCUT2D eigenvalue weighted by Crippen LogP contribution is 2.50. The maximum Gasteiger partial charge on any atom is 0.261 e. The number of nitrogens with zero attached hydrogens (tertiary/aromatic N) is 4. The molecule has 4 aliphatic rings. The van der Waals surface area contributed by atoms with Gasteiger partial charge in [-0.25, -0.2) is 0 Å². The van der Waals surface area contributed by atoms with E-state index in [-0.39, 0.29) is 23.6 Å². The summed E-state index contributed by atoms with van der Waals surface area (Å²) in [5.74, 6) is 1.32. The monoisotopic (exact) mass is 880 g/mol. The van der Waals surface area contributed by atoms with Crippen LogP contribution in [-0.4, -0.2) is 69.4 Å². The van der Waals surface area contributed by atoms with Crippen molar-refractivity contribution >= 4 is 91.8 Å². The van der Waals surface area contributed by atoms with Gasteiger partial charge in [0.05, 0.1) is 64.6 Å². The van der Waals surface area contributed by atoms with Crippen molar-refractivity contribution < 1.29 is 19.2 Å². The largest absolute Gasteiger partial charge is 0.306 e. The smallest absolute Gasteiger partial charge is 0.261 e. The summed E-state index contributed by atoms with van der Waals surface area (Å²) >= 11 is 6.35. The highest BCUT2D eigenvalue weighted by atomic mass is 32.1. The maximum absolute atomic E-state index is 13.8. The van der Waals surface area contributed by atoms with Crippen molar-refractivity contribution in [2.75, 3.05) is 26.2 Å². The number of rotatable bonds is 16. The summed E-state index contributed by atoms with van der Waals surface area (Å²) in [6.45, 7) is 19.7. The van der Waals surface area contributed by atoms with Crippen LogP contribution < -0.4 is 0 Å². The van der Waals surface area contributed by atoms with Gasteiger partial charge in [0, 0.05) is 26.2 Å². The third-order valence-corrected chi connectivity index (χ3v) is 15.7. The minimum absolute atomic E-state index is 0.0305. The Morgan fingerprint density at radius 2 is 0.583 bits per heavy atom. The summed E-state index contributed by atoms with van der Waals surface area (Å²) in [7, 11) is 0. The second-order valence-corrected chi connectivity index (χ2v) is 20.3. The van der Waals surface area contributed by atoms with Crippen LogP contribution in [0, 0.1) is 23.7 Å². The lowest BCUT2D eigenvalue weighted by Gasteiger charge is -2.27. The zero-order valence-electron chi connectivity index (χ0n) is 35.9. The third kappa shape index (κ3) is 8.08. The molecule has 4 aromatic heterocycles. The van der Waals surface area contributed by atoms with Crippen molar-refractivity contribution in [1.29, 1.82) is 0 Å². The van der Waals surface area contributed by atoms with E-state index in [9.17, 15) is 19.2 Å². The lowest BCUT2D eigenvalue weighted by Crippen LogP contribution is -2.33. The van der Waals surface area contributed by atoms with E-state index in [0.717, 1.165) is 68.0 Å². The second-order valence-electron chi connectivity index (χ2n) is 16.5. The van der Waals surface area contributed by atoms with Gasteiger partial charge in [-0.05, 0) is 69.5 Å². The average Bonchev–Trinajstić information content (AvgIpc) is 4.11. The summed E-state index contributed by atoms with van der Waals surface area (Å²) in [6, 6.07) is 16.0. The quantitative estimate of drug-likeness (QED) is 0.112. The number of thiophene rings is 4. The van der Waals surface area contributed by atoms with Gasteiger partial charge in [-0.2, -0.15) is 0 Å². The molecule has 12 heteroatoms. The van der Waals surface area contributed by atoms with E-state index in [4.69, 9.17) is 0 Å². The molecule has 8 heterocycles. The molecule has 0 bridgehead atoms. The predicted molar refractivity (Wildman–Crippen MR) is 250 cm³/mol. The molecular formula is C48H56N4O4S4. The van der Waals surface area contributed by atoms with Crippen molar-refractivity contribution in [2.45, 2.75) is 81.1 Å². The van der Waals surface area contributed by atoms with Gasteiger partial charge in [0.25, 0.3) is 23.6 Å². The molecule has 0 fully saturated rings. The molecule has 4 aliphatic heterocycles. The van der Waals surface area contributed by atoms with Crippen LogP contribution in [0.4, 0.5) is 0 Å². The Morgan fingerprint density at radius 3 is 0.733 bits per heavy atom. The van der Waals surface area contributed by atoms with Gasteiger partial charge in [0.1, 0.15) is 0 Å². The van der Waals surface area contributed by atoms with Crippen LogP contribution in [0.25, 0.3) is 22.8 Å². The molecule has 316 valence electrons. The summed E-state index contributed by atoms with van der Waals surface area (Å²) in [5.41, 5.74) is 5.59. The third-order valence-electron chi connectivity index (χ3n) is 12.1. The maximum atomic E-state index is 13.8. The number of carbonyl (C=O) groups excluding carboxylic acids is 4. The fourth-order valence-corrected chi connectivity index (χ4v) is 11.1. The van der Waals surface area contributed by atoms with Gasteiger partial charge < -0.3 is 19.6 Å². The number of hydrogen-bond donors (Lipinski definition) is 0. The summed E-state index contributed by atoms with van der Waals surface area (Å²) < 4.78 is 0. The lowest BCUT2D eigenvalue weighted by molar-refractivity contribution is -0.124. The van der Waals surface area contributed by atoms with Crippen LogP contribution in [0.3, 0.4) is 0 Å². The van der Waals surface area contributed by atoms with E-state index in [1.54, 1.807) is 45.3 Å². The van der Waals surface area contributed by atoms with E-state index in [1.807, 2.05) is 89.7 Å². The summed E-state index contributed by atoms with van der Waals surface area (Å²) in [4.78, 5) is 66.4.